The zero-order valence-corrected chi connectivity index (χ0v) is 24.3. The van der Waals surface area contributed by atoms with Gasteiger partial charge >= 0.3 is 0 Å². The minimum Gasteiger partial charge on any atom is -0.416 e. The van der Waals surface area contributed by atoms with Crippen molar-refractivity contribution in [2.45, 2.75) is 11.6 Å². The van der Waals surface area contributed by atoms with Gasteiger partial charge in [-0.3, -0.25) is 0 Å². The summed E-state index contributed by atoms with van der Waals surface area (Å²) in [5, 5.41) is 12.9. The molecular weight excluding hydrogens is 485 g/mol. The molecule has 4 heteroatoms. The molecule has 0 bridgehead atoms. The van der Waals surface area contributed by atoms with Crippen molar-refractivity contribution in [3.8, 4) is 0 Å². The number of hydrogen-bond donors (Lipinski definition) is 0. The smallest absolute Gasteiger partial charge is 0.142 e. The van der Waals surface area contributed by atoms with Crippen LogP contribution in [0.2, 0.25) is 6.04 Å². The van der Waals surface area contributed by atoms with Gasteiger partial charge in [0.25, 0.3) is 0 Å². The highest BCUT2D eigenvalue weighted by Gasteiger charge is 2.38. The molecule has 1 fully saturated rings. The van der Waals surface area contributed by atoms with Crippen molar-refractivity contribution in [1.29, 1.82) is 0 Å². The summed E-state index contributed by atoms with van der Waals surface area (Å²) in [6.07, 6.45) is 2.12. The highest BCUT2D eigenvalue weighted by atomic mass is 29.5. The van der Waals surface area contributed by atoms with Gasteiger partial charge in [-0.15, -0.1) is 12.3 Å². The second-order valence-electron chi connectivity index (χ2n) is 10.2. The lowest BCUT2D eigenvalue weighted by atomic mass is 9.84. The Morgan fingerprint density at radius 3 is 2.06 bits per heavy atom. The van der Waals surface area contributed by atoms with Crippen LogP contribution in [0.15, 0.2) is 116 Å². The van der Waals surface area contributed by atoms with E-state index in [0.717, 1.165) is 6.04 Å². The van der Waals surface area contributed by atoms with Gasteiger partial charge in [0.2, 0.25) is 0 Å². The topological polar surface area (TPSA) is 9.23 Å². The third-order valence-electron chi connectivity index (χ3n) is 8.18. The molecule has 1 saturated heterocycles. The first-order chi connectivity index (χ1) is 17.7. The second-order valence-corrected chi connectivity index (χ2v) is 25.2. The molecule has 1 nitrogen and oxygen atoms in total. The van der Waals surface area contributed by atoms with Gasteiger partial charge in [-0.05, 0) is 90.2 Å². The van der Waals surface area contributed by atoms with Gasteiger partial charge in [0.15, 0.2) is 0 Å². The Bertz CT molecular complexity index is 1860. The molecule has 2 unspecified atom stereocenters. The molecule has 2 atom stereocenters. The molecule has 0 radical (unpaired) electrons. The van der Waals surface area contributed by atoms with E-state index in [1.54, 1.807) is 0 Å². The fourth-order valence-corrected chi connectivity index (χ4v) is 22.3. The Kier molecular flexibility index (Phi) is 5.11. The molecule has 7 rings (SSSR count). The van der Waals surface area contributed by atoms with Gasteiger partial charge in [0.1, 0.15) is 9.28 Å². The van der Waals surface area contributed by atoms with E-state index in [0.29, 0.717) is 0 Å². The Morgan fingerprint density at radius 2 is 1.31 bits per heavy atom. The van der Waals surface area contributed by atoms with Crippen LogP contribution in [0, 0.1) is 0 Å². The van der Waals surface area contributed by atoms with Crippen LogP contribution in [0.1, 0.15) is 5.56 Å². The van der Waals surface area contributed by atoms with E-state index in [9.17, 15) is 0 Å². The van der Waals surface area contributed by atoms with Crippen molar-refractivity contribution in [2.24, 2.45) is 0 Å². The third kappa shape index (κ3) is 3.29. The summed E-state index contributed by atoms with van der Waals surface area (Å²) in [6.45, 7) is 8.57. The van der Waals surface area contributed by atoms with Crippen molar-refractivity contribution in [2.75, 3.05) is 0 Å². The fourth-order valence-electron chi connectivity index (χ4n) is 6.33. The maximum Gasteiger partial charge on any atom is 0.142 e. The summed E-state index contributed by atoms with van der Waals surface area (Å²) in [5.41, 5.74) is 3.26. The normalized spacial score (nSPS) is 21.7. The minimum absolute atomic E-state index is 0.0484. The van der Waals surface area contributed by atoms with Crippen LogP contribution in [-0.4, -0.2) is 26.1 Å². The van der Waals surface area contributed by atoms with E-state index < -0.39 is 17.6 Å². The first kappa shape index (κ1) is 22.0. The summed E-state index contributed by atoms with van der Waals surface area (Å²) in [5.74, 6) is 0. The van der Waals surface area contributed by atoms with Crippen LogP contribution in [0.4, 0.5) is 0 Å². The molecule has 0 aliphatic carbocycles. The Hall–Kier alpha value is -3.29. The quantitative estimate of drug-likeness (QED) is 0.114. The monoisotopic (exact) mass is 512 g/mol. The van der Waals surface area contributed by atoms with Crippen LogP contribution in [0.5, 0.6) is 0 Å². The number of benzene rings is 6. The van der Waals surface area contributed by atoms with Gasteiger partial charge in [0, 0.05) is 14.1 Å². The lowest BCUT2D eigenvalue weighted by molar-refractivity contribution is 0.156. The molecule has 0 spiro atoms. The van der Waals surface area contributed by atoms with E-state index in [-0.39, 0.29) is 14.2 Å². The lowest BCUT2D eigenvalue weighted by Gasteiger charge is -2.40. The molecule has 1 heterocycles. The first-order valence-corrected chi connectivity index (χ1v) is 22.1. The summed E-state index contributed by atoms with van der Waals surface area (Å²) in [6, 6.07) is 35.0. The predicted molar refractivity (Wildman–Crippen MR) is 166 cm³/mol. The van der Waals surface area contributed by atoms with E-state index >= 15 is 0 Å². The van der Waals surface area contributed by atoms with E-state index in [4.69, 9.17) is 4.43 Å². The summed E-state index contributed by atoms with van der Waals surface area (Å²) >= 11 is 0. The maximum atomic E-state index is 6.85. The lowest BCUT2D eigenvalue weighted by Crippen LogP contribution is -2.45. The summed E-state index contributed by atoms with van der Waals surface area (Å²) in [7, 11) is -1.44. The van der Waals surface area contributed by atoms with Crippen molar-refractivity contribution in [3.63, 3.8) is 0 Å². The minimum atomic E-state index is -0.917. The van der Waals surface area contributed by atoms with Crippen molar-refractivity contribution in [3.05, 3.63) is 121 Å². The van der Waals surface area contributed by atoms with Gasteiger partial charge in [-0.25, -0.2) is 0 Å². The molecule has 6 aromatic rings. The summed E-state index contributed by atoms with van der Waals surface area (Å²) < 4.78 is 6.85. The average Bonchev–Trinajstić information content (AvgIpc) is 2.93. The highest BCUT2D eigenvalue weighted by Crippen LogP contribution is 2.45. The van der Waals surface area contributed by atoms with Crippen LogP contribution in [0.25, 0.3) is 53.9 Å². The van der Waals surface area contributed by atoms with Crippen LogP contribution >= 0.6 is 0 Å². The zero-order valence-electron chi connectivity index (χ0n) is 20.3. The van der Waals surface area contributed by atoms with E-state index in [1.165, 1.54) is 59.4 Å². The first-order valence-electron chi connectivity index (χ1n) is 12.8. The molecule has 0 N–H and O–H groups in total. The fraction of sp³-hybridized carbons (Fsp3) is 0.0625. The molecule has 1 aliphatic rings. The predicted octanol–water partition coefficient (Wildman–Crippen LogP) is 6.48. The van der Waals surface area contributed by atoms with Crippen LogP contribution < -0.4 is 0 Å². The zero-order chi connectivity index (χ0) is 24.3. The van der Waals surface area contributed by atoms with Crippen LogP contribution in [-0.2, 0) is 10.0 Å². The van der Waals surface area contributed by atoms with Crippen molar-refractivity contribution >= 4 is 80.0 Å². The van der Waals surface area contributed by atoms with Gasteiger partial charge in [-0.2, -0.15) is 0 Å². The van der Waals surface area contributed by atoms with Gasteiger partial charge < -0.3 is 4.43 Å². The van der Waals surface area contributed by atoms with Crippen molar-refractivity contribution < 1.29 is 4.43 Å². The van der Waals surface area contributed by atoms with E-state index in [2.05, 4.69) is 116 Å². The maximum absolute atomic E-state index is 6.85. The molecule has 36 heavy (non-hydrogen) atoms. The Labute approximate surface area is 217 Å². The number of hydrogen-bond acceptors (Lipinski definition) is 1. The molecule has 0 amide bonds. The van der Waals surface area contributed by atoms with Gasteiger partial charge in [0.05, 0.1) is 13.9 Å². The number of rotatable bonds is 3. The number of fused-ring (bicyclic) bond motifs is 6. The van der Waals surface area contributed by atoms with Crippen molar-refractivity contribution in [1.82, 2.24) is 0 Å². The second kappa shape index (κ2) is 8.39. The molecule has 6 aromatic carbocycles. The van der Waals surface area contributed by atoms with E-state index in [1.807, 2.05) is 0 Å². The Balaban J connectivity index is 1.60. The summed E-state index contributed by atoms with van der Waals surface area (Å²) in [4.78, 5) is 0. The standard InChI is InChI=1S/C32H28OSi3/c1-3-32(20-36(4-2)35-34-33-32)31-27-12-8-7-11-23(27)18-30-28(31)14-13-24-17-25-15-21-9-5-6-10-22(21)16-26(25)19-29(24)30/h3-19,36H,1-2,20,34-35H2. The molecule has 1 aliphatic heterocycles. The molecule has 0 aromatic heterocycles. The molecular formula is C32H28OSi3. The molecule has 0 saturated carbocycles. The SMILES string of the molecule is C=C[SiH]1CC(C=C)(c2c3ccccc3cc3c2ccc2cc4cc5ccccc5cc4cc23)O[SiH2][SiH2]1. The average molecular weight is 513 g/mol. The largest absolute Gasteiger partial charge is 0.416 e. The Morgan fingerprint density at radius 1 is 0.667 bits per heavy atom. The third-order valence-corrected chi connectivity index (χ3v) is 25.9. The molecule has 174 valence electrons. The highest BCUT2D eigenvalue weighted by molar-refractivity contribution is 7.36. The van der Waals surface area contributed by atoms with Crippen LogP contribution in [0.3, 0.4) is 0 Å². The van der Waals surface area contributed by atoms with Gasteiger partial charge in [-0.1, -0.05) is 73.3 Å².